The summed E-state index contributed by atoms with van der Waals surface area (Å²) in [7, 11) is -3.25. The van der Waals surface area contributed by atoms with E-state index in [0.29, 0.717) is 13.1 Å². The van der Waals surface area contributed by atoms with Crippen LogP contribution in [0.25, 0.3) is 0 Å². The second-order valence-corrected chi connectivity index (χ2v) is 7.88. The number of rotatable bonds is 6. The zero-order valence-corrected chi connectivity index (χ0v) is 14.4. The Morgan fingerprint density at radius 1 is 1.43 bits per heavy atom. The van der Waals surface area contributed by atoms with E-state index in [-0.39, 0.29) is 24.7 Å². The van der Waals surface area contributed by atoms with Crippen molar-refractivity contribution >= 4 is 16.1 Å². The number of carbonyl (C=O) groups is 1. The van der Waals surface area contributed by atoms with Crippen LogP contribution in [0, 0.1) is 0 Å². The third-order valence-corrected chi connectivity index (χ3v) is 4.55. The molecule has 2 rings (SSSR count). The summed E-state index contributed by atoms with van der Waals surface area (Å²) in [6.45, 7) is 3.43. The maximum Gasteiger partial charge on any atom is 0.317 e. The van der Waals surface area contributed by atoms with Gasteiger partial charge in [-0.3, -0.25) is 4.68 Å². The molecular weight excluding hydrogens is 318 g/mol. The smallest absolute Gasteiger partial charge is 0.317 e. The molecule has 23 heavy (non-hydrogen) atoms. The van der Waals surface area contributed by atoms with Crippen molar-refractivity contribution in [1.82, 2.24) is 24.7 Å². The molecule has 2 heterocycles. The lowest BCUT2D eigenvalue weighted by Crippen LogP contribution is -2.54. The third-order valence-electron chi connectivity index (χ3n) is 3.86. The van der Waals surface area contributed by atoms with Crippen LogP contribution >= 0.6 is 0 Å². The molecule has 1 saturated heterocycles. The third kappa shape index (κ3) is 5.83. The molecule has 8 nitrogen and oxygen atoms in total. The van der Waals surface area contributed by atoms with Crippen LogP contribution in [-0.4, -0.2) is 60.6 Å². The molecule has 9 heteroatoms. The maximum atomic E-state index is 12.5. The molecule has 1 aliphatic heterocycles. The molecule has 2 amide bonds. The summed E-state index contributed by atoms with van der Waals surface area (Å²) in [5.41, 5.74) is 0. The van der Waals surface area contributed by atoms with E-state index in [1.54, 1.807) is 15.8 Å². The van der Waals surface area contributed by atoms with E-state index in [1.807, 2.05) is 19.2 Å². The number of piperidine rings is 1. The summed E-state index contributed by atoms with van der Waals surface area (Å²) in [5, 5.41) is 7.09. The van der Waals surface area contributed by atoms with Crippen LogP contribution in [-0.2, 0) is 16.6 Å². The number of sulfonamides is 1. The molecular formula is C14H25N5O3S. The topological polar surface area (TPSA) is 96.3 Å². The van der Waals surface area contributed by atoms with Crippen LogP contribution in [0.5, 0.6) is 0 Å². The Labute approximate surface area is 137 Å². The van der Waals surface area contributed by atoms with Gasteiger partial charge in [0.05, 0.1) is 12.8 Å². The number of nitrogens with one attached hydrogen (secondary N) is 2. The highest BCUT2D eigenvalue weighted by molar-refractivity contribution is 7.88. The van der Waals surface area contributed by atoms with Gasteiger partial charge in [-0.1, -0.05) is 0 Å². The molecule has 130 valence electrons. The molecule has 0 bridgehead atoms. The molecule has 1 aromatic heterocycles. The molecule has 0 aromatic carbocycles. The number of hydrogen-bond donors (Lipinski definition) is 2. The van der Waals surface area contributed by atoms with Crippen molar-refractivity contribution in [1.29, 1.82) is 0 Å². The van der Waals surface area contributed by atoms with Gasteiger partial charge in [0.25, 0.3) is 0 Å². The van der Waals surface area contributed by atoms with E-state index >= 15 is 0 Å². The molecule has 1 fully saturated rings. The first kappa shape index (κ1) is 17.7. The highest BCUT2D eigenvalue weighted by atomic mass is 32.2. The Morgan fingerprint density at radius 2 is 2.22 bits per heavy atom. The van der Waals surface area contributed by atoms with Crippen LogP contribution < -0.4 is 10.0 Å². The standard InChI is InChI=1S/C14H25N5O3S/c1-12(11-18-8-5-7-15-18)17-14(20)19-9-4-3-6-13(19)10-16-23(2,21)22/h5,7-8,12-13,16H,3-4,6,9-11H2,1-2H3,(H,17,20)/t12-,13+/m0/s1. The van der Waals surface area contributed by atoms with Crippen molar-refractivity contribution in [2.45, 2.75) is 44.8 Å². The summed E-state index contributed by atoms with van der Waals surface area (Å²) >= 11 is 0. The first-order chi connectivity index (χ1) is 10.8. The maximum absolute atomic E-state index is 12.5. The minimum Gasteiger partial charge on any atom is -0.334 e. The number of nitrogens with zero attached hydrogens (tertiary/aromatic N) is 3. The second-order valence-electron chi connectivity index (χ2n) is 6.04. The van der Waals surface area contributed by atoms with Gasteiger partial charge in [-0.25, -0.2) is 17.9 Å². The Morgan fingerprint density at radius 3 is 2.87 bits per heavy atom. The van der Waals surface area contributed by atoms with Gasteiger partial charge in [0.15, 0.2) is 0 Å². The van der Waals surface area contributed by atoms with Gasteiger partial charge in [0.1, 0.15) is 0 Å². The number of amides is 2. The van der Waals surface area contributed by atoms with E-state index in [1.165, 1.54) is 0 Å². The zero-order valence-electron chi connectivity index (χ0n) is 13.6. The monoisotopic (exact) mass is 343 g/mol. The van der Waals surface area contributed by atoms with Crippen molar-refractivity contribution < 1.29 is 13.2 Å². The zero-order chi connectivity index (χ0) is 16.9. The predicted molar refractivity (Wildman–Crippen MR) is 87.4 cm³/mol. The summed E-state index contributed by atoms with van der Waals surface area (Å²) in [6, 6.07) is 1.53. The number of likely N-dealkylation sites (tertiary alicyclic amines) is 1. The summed E-state index contributed by atoms with van der Waals surface area (Å²) in [5.74, 6) is 0. The molecule has 0 saturated carbocycles. The summed E-state index contributed by atoms with van der Waals surface area (Å²) < 4.78 is 26.8. The first-order valence-electron chi connectivity index (χ1n) is 7.84. The van der Waals surface area contributed by atoms with Gasteiger partial charge < -0.3 is 10.2 Å². The normalized spacial score (nSPS) is 20.3. The van der Waals surface area contributed by atoms with Crippen molar-refractivity contribution in [3.05, 3.63) is 18.5 Å². The fourth-order valence-corrected chi connectivity index (χ4v) is 3.25. The molecule has 2 atom stereocenters. The Hall–Kier alpha value is -1.61. The molecule has 2 N–H and O–H groups in total. The molecule has 0 radical (unpaired) electrons. The Kier molecular flexibility index (Phi) is 6.00. The van der Waals surface area contributed by atoms with Crippen LogP contribution in [0.15, 0.2) is 18.5 Å². The molecule has 0 unspecified atom stereocenters. The van der Waals surface area contributed by atoms with E-state index in [9.17, 15) is 13.2 Å². The van der Waals surface area contributed by atoms with Gasteiger partial charge >= 0.3 is 6.03 Å². The number of aromatic nitrogens is 2. The molecule has 1 aliphatic rings. The predicted octanol–water partition coefficient (Wildman–Crippen LogP) is 0.385. The van der Waals surface area contributed by atoms with Gasteiger partial charge in [0, 0.05) is 37.6 Å². The van der Waals surface area contributed by atoms with Crippen LogP contribution in [0.1, 0.15) is 26.2 Å². The van der Waals surface area contributed by atoms with Crippen molar-refractivity contribution in [3.8, 4) is 0 Å². The van der Waals surface area contributed by atoms with E-state index in [4.69, 9.17) is 0 Å². The van der Waals surface area contributed by atoms with Crippen LogP contribution in [0.2, 0.25) is 0 Å². The average Bonchev–Trinajstić information content (AvgIpc) is 2.97. The van der Waals surface area contributed by atoms with Crippen molar-refractivity contribution in [3.63, 3.8) is 0 Å². The van der Waals surface area contributed by atoms with E-state index < -0.39 is 10.0 Å². The fraction of sp³-hybridized carbons (Fsp3) is 0.714. The SMILES string of the molecule is C[C@@H](Cn1cccn1)NC(=O)N1CCCC[C@@H]1CNS(C)(=O)=O. The quantitative estimate of drug-likeness (QED) is 0.781. The lowest BCUT2D eigenvalue weighted by Gasteiger charge is -2.36. The van der Waals surface area contributed by atoms with E-state index in [2.05, 4.69) is 15.1 Å². The van der Waals surface area contributed by atoms with Crippen molar-refractivity contribution in [2.24, 2.45) is 0 Å². The second kappa shape index (κ2) is 7.78. The summed E-state index contributed by atoms with van der Waals surface area (Å²) in [4.78, 5) is 14.2. The highest BCUT2D eigenvalue weighted by Gasteiger charge is 2.27. The lowest BCUT2D eigenvalue weighted by atomic mass is 10.0. The Bertz CT molecular complexity index is 602. The highest BCUT2D eigenvalue weighted by Crippen LogP contribution is 2.17. The Balaban J connectivity index is 1.89. The minimum atomic E-state index is -3.25. The first-order valence-corrected chi connectivity index (χ1v) is 9.73. The minimum absolute atomic E-state index is 0.0622. The average molecular weight is 343 g/mol. The fourth-order valence-electron chi connectivity index (χ4n) is 2.76. The molecule has 1 aromatic rings. The molecule has 0 aliphatic carbocycles. The summed E-state index contributed by atoms with van der Waals surface area (Å²) in [6.07, 6.45) is 7.43. The molecule has 0 spiro atoms. The number of carbonyl (C=O) groups excluding carboxylic acids is 1. The van der Waals surface area contributed by atoms with Crippen molar-refractivity contribution in [2.75, 3.05) is 19.3 Å². The van der Waals surface area contributed by atoms with Crippen LogP contribution in [0.4, 0.5) is 4.79 Å². The van der Waals surface area contributed by atoms with Gasteiger partial charge in [-0.2, -0.15) is 5.10 Å². The van der Waals surface area contributed by atoms with E-state index in [0.717, 1.165) is 25.5 Å². The number of urea groups is 1. The number of hydrogen-bond acceptors (Lipinski definition) is 4. The van der Waals surface area contributed by atoms with Gasteiger partial charge in [-0.05, 0) is 32.3 Å². The van der Waals surface area contributed by atoms with Crippen LogP contribution in [0.3, 0.4) is 0 Å². The van der Waals surface area contributed by atoms with Gasteiger partial charge in [-0.15, -0.1) is 0 Å². The lowest BCUT2D eigenvalue weighted by molar-refractivity contribution is 0.148. The van der Waals surface area contributed by atoms with Gasteiger partial charge in [0.2, 0.25) is 10.0 Å². The largest absolute Gasteiger partial charge is 0.334 e.